The lowest BCUT2D eigenvalue weighted by Crippen LogP contribution is -2.53. The Hall–Kier alpha value is -1.59. The summed E-state index contributed by atoms with van der Waals surface area (Å²) in [5.74, 6) is -2.11. The van der Waals surface area contributed by atoms with Crippen molar-refractivity contribution in [3.63, 3.8) is 0 Å². The van der Waals surface area contributed by atoms with E-state index in [4.69, 9.17) is 5.11 Å². The van der Waals surface area contributed by atoms with Gasteiger partial charge in [0.25, 0.3) is 5.91 Å². The van der Waals surface area contributed by atoms with Crippen molar-refractivity contribution in [1.29, 1.82) is 0 Å². The third-order valence-electron chi connectivity index (χ3n) is 1.93. The van der Waals surface area contributed by atoms with Gasteiger partial charge in [-0.15, -0.1) is 0 Å². The molecule has 0 aliphatic carbocycles. The number of hydrogen-bond donors (Lipinski definition) is 3. The first-order valence-corrected chi connectivity index (χ1v) is 3.90. The molecule has 1 saturated heterocycles. The number of rotatable bonds is 3. The number of carboxylic acid groups (broad SMARTS) is 1. The van der Waals surface area contributed by atoms with Crippen LogP contribution in [0, 0.1) is 0 Å². The second-order valence-electron chi connectivity index (χ2n) is 2.87. The van der Waals surface area contributed by atoms with Gasteiger partial charge in [0.2, 0.25) is 5.54 Å². The highest BCUT2D eigenvalue weighted by atomic mass is 16.4. The molecule has 72 valence electrons. The Kier molecular flexibility index (Phi) is 2.22. The van der Waals surface area contributed by atoms with E-state index < -0.39 is 23.4 Å². The topological polar surface area (TPSA) is 95.5 Å². The molecule has 1 aliphatic heterocycles. The van der Waals surface area contributed by atoms with Crippen LogP contribution in [0.2, 0.25) is 0 Å². The Balaban J connectivity index is 2.97. The average molecular weight is 186 g/mol. The fraction of sp³-hybridized carbons (Fsp3) is 0.571. The normalized spacial score (nSPS) is 26.8. The molecule has 0 aromatic heterocycles. The number of carbonyl (C=O) groups is 3. The maximum absolute atomic E-state index is 11.2. The fourth-order valence-electron chi connectivity index (χ4n) is 1.30. The van der Waals surface area contributed by atoms with Crippen LogP contribution in [-0.4, -0.2) is 28.6 Å². The van der Waals surface area contributed by atoms with E-state index in [-0.39, 0.29) is 6.42 Å². The number of urea groups is 1. The van der Waals surface area contributed by atoms with Crippen molar-refractivity contribution in [1.82, 2.24) is 10.6 Å². The molecular formula is C7H10N2O4. The van der Waals surface area contributed by atoms with E-state index in [2.05, 4.69) is 5.32 Å². The van der Waals surface area contributed by atoms with Gasteiger partial charge in [-0.25, -0.2) is 9.59 Å². The van der Waals surface area contributed by atoms with Gasteiger partial charge in [0.15, 0.2) is 0 Å². The summed E-state index contributed by atoms with van der Waals surface area (Å²) in [4.78, 5) is 32.7. The third-order valence-corrected chi connectivity index (χ3v) is 1.93. The van der Waals surface area contributed by atoms with Gasteiger partial charge in [-0.2, -0.15) is 0 Å². The standard InChI is InChI=1S/C7H10N2O4/c1-2-3-7(5(11)12)4(10)8-6(13)9-7/h2-3H2,1H3,(H,11,12)(H2,8,9,10,13). The number of hydrogen-bond acceptors (Lipinski definition) is 3. The molecule has 3 amide bonds. The maximum Gasteiger partial charge on any atom is 0.339 e. The van der Waals surface area contributed by atoms with Crippen LogP contribution >= 0.6 is 0 Å². The maximum atomic E-state index is 11.2. The summed E-state index contributed by atoms with van der Waals surface area (Å²) in [6, 6.07) is -0.749. The lowest BCUT2D eigenvalue weighted by atomic mass is 9.94. The molecule has 1 heterocycles. The highest BCUT2D eigenvalue weighted by molar-refractivity contribution is 6.18. The summed E-state index contributed by atoms with van der Waals surface area (Å²) in [6.07, 6.45) is 0.597. The summed E-state index contributed by atoms with van der Waals surface area (Å²) < 4.78 is 0. The van der Waals surface area contributed by atoms with Gasteiger partial charge in [0.05, 0.1) is 0 Å². The Labute approximate surface area is 74.3 Å². The van der Waals surface area contributed by atoms with Crippen molar-refractivity contribution in [3.05, 3.63) is 0 Å². The van der Waals surface area contributed by atoms with Gasteiger partial charge in [0, 0.05) is 0 Å². The van der Waals surface area contributed by atoms with Gasteiger partial charge in [-0.1, -0.05) is 13.3 Å². The molecule has 6 heteroatoms. The van der Waals surface area contributed by atoms with Crippen LogP contribution in [0.1, 0.15) is 19.8 Å². The number of aliphatic carboxylic acids is 1. The minimum atomic E-state index is -1.76. The second-order valence-corrected chi connectivity index (χ2v) is 2.87. The Bertz CT molecular complexity index is 276. The molecule has 1 unspecified atom stereocenters. The zero-order chi connectivity index (χ0) is 10.1. The van der Waals surface area contributed by atoms with Crippen molar-refractivity contribution >= 4 is 17.9 Å². The highest BCUT2D eigenvalue weighted by Crippen LogP contribution is 2.17. The molecule has 0 aromatic carbocycles. The predicted octanol–water partition coefficient (Wildman–Crippen LogP) is -0.551. The molecule has 0 spiro atoms. The molecule has 1 aliphatic rings. The second kappa shape index (κ2) is 3.04. The van der Waals surface area contributed by atoms with E-state index in [1.165, 1.54) is 0 Å². The average Bonchev–Trinajstić information content (AvgIpc) is 2.28. The van der Waals surface area contributed by atoms with Crippen LogP contribution in [0.3, 0.4) is 0 Å². The molecule has 0 radical (unpaired) electrons. The Morgan fingerprint density at radius 1 is 1.54 bits per heavy atom. The summed E-state index contributed by atoms with van der Waals surface area (Å²) in [7, 11) is 0. The molecule has 1 fully saturated rings. The van der Waals surface area contributed by atoms with Gasteiger partial charge < -0.3 is 10.4 Å². The number of amides is 3. The van der Waals surface area contributed by atoms with Crippen molar-refractivity contribution in [3.8, 4) is 0 Å². The number of nitrogens with one attached hydrogen (secondary N) is 2. The summed E-state index contributed by atoms with van der Waals surface area (Å²) in [5, 5.41) is 12.8. The van der Waals surface area contributed by atoms with Crippen LogP contribution in [0.15, 0.2) is 0 Å². The monoisotopic (exact) mass is 186 g/mol. The minimum Gasteiger partial charge on any atom is -0.479 e. The molecule has 0 aromatic rings. The highest BCUT2D eigenvalue weighted by Gasteiger charge is 2.52. The smallest absolute Gasteiger partial charge is 0.339 e. The molecule has 13 heavy (non-hydrogen) atoms. The molecule has 1 rings (SSSR count). The molecule has 0 bridgehead atoms. The summed E-state index contributed by atoms with van der Waals surface area (Å²) in [6.45, 7) is 1.74. The Morgan fingerprint density at radius 3 is 2.46 bits per heavy atom. The zero-order valence-corrected chi connectivity index (χ0v) is 7.09. The van der Waals surface area contributed by atoms with E-state index in [0.717, 1.165) is 0 Å². The molecule has 0 saturated carbocycles. The lowest BCUT2D eigenvalue weighted by Gasteiger charge is -2.19. The van der Waals surface area contributed by atoms with E-state index in [9.17, 15) is 14.4 Å². The quantitative estimate of drug-likeness (QED) is 0.407. The molecule has 3 N–H and O–H groups in total. The molecular weight excluding hydrogens is 176 g/mol. The third kappa shape index (κ3) is 1.34. The number of carbonyl (C=O) groups excluding carboxylic acids is 2. The molecule has 6 nitrogen and oxygen atoms in total. The summed E-state index contributed by atoms with van der Waals surface area (Å²) in [5.41, 5.74) is -1.76. The van der Waals surface area contributed by atoms with Crippen molar-refractivity contribution < 1.29 is 19.5 Å². The first-order valence-electron chi connectivity index (χ1n) is 3.90. The van der Waals surface area contributed by atoms with Gasteiger partial charge >= 0.3 is 12.0 Å². The Morgan fingerprint density at radius 2 is 2.15 bits per heavy atom. The number of carboxylic acids is 1. The van der Waals surface area contributed by atoms with Gasteiger partial charge in [0.1, 0.15) is 0 Å². The largest absolute Gasteiger partial charge is 0.479 e. The van der Waals surface area contributed by atoms with Crippen molar-refractivity contribution in [2.75, 3.05) is 0 Å². The van der Waals surface area contributed by atoms with Gasteiger partial charge in [-0.3, -0.25) is 10.1 Å². The summed E-state index contributed by atoms with van der Waals surface area (Å²) >= 11 is 0. The van der Waals surface area contributed by atoms with E-state index in [0.29, 0.717) is 6.42 Å². The van der Waals surface area contributed by atoms with Crippen LogP contribution in [0.5, 0.6) is 0 Å². The van der Waals surface area contributed by atoms with E-state index in [1.54, 1.807) is 6.92 Å². The SMILES string of the molecule is CCCC1(C(=O)O)NC(=O)NC1=O. The fourth-order valence-corrected chi connectivity index (χ4v) is 1.30. The van der Waals surface area contributed by atoms with Crippen LogP contribution in [0.4, 0.5) is 4.79 Å². The predicted molar refractivity (Wildman–Crippen MR) is 41.9 cm³/mol. The van der Waals surface area contributed by atoms with Crippen molar-refractivity contribution in [2.24, 2.45) is 0 Å². The minimum absolute atomic E-state index is 0.0971. The van der Waals surface area contributed by atoms with Crippen LogP contribution < -0.4 is 10.6 Å². The first-order chi connectivity index (χ1) is 6.03. The zero-order valence-electron chi connectivity index (χ0n) is 7.09. The van der Waals surface area contributed by atoms with Crippen LogP contribution in [0.25, 0.3) is 0 Å². The van der Waals surface area contributed by atoms with Crippen molar-refractivity contribution in [2.45, 2.75) is 25.3 Å². The number of imide groups is 1. The van der Waals surface area contributed by atoms with E-state index >= 15 is 0 Å². The lowest BCUT2D eigenvalue weighted by molar-refractivity contribution is -0.148. The van der Waals surface area contributed by atoms with Crippen LogP contribution in [-0.2, 0) is 9.59 Å². The van der Waals surface area contributed by atoms with E-state index in [1.807, 2.05) is 5.32 Å². The molecule has 1 atom stereocenters. The van der Waals surface area contributed by atoms with Gasteiger partial charge in [-0.05, 0) is 6.42 Å². The first kappa shape index (κ1) is 9.50.